The van der Waals surface area contributed by atoms with E-state index in [1.165, 1.54) is 18.9 Å². The number of hydrazine groups is 1. The largest absolute Gasteiger partial charge is 0.271 e. The van der Waals surface area contributed by atoms with Crippen LogP contribution in [0.15, 0.2) is 18.2 Å². The maximum atomic E-state index is 13.2. The highest BCUT2D eigenvalue weighted by Gasteiger charge is 2.26. The molecule has 0 amide bonds. The van der Waals surface area contributed by atoms with Gasteiger partial charge < -0.3 is 0 Å². The lowest BCUT2D eigenvalue weighted by atomic mass is 10.0. The summed E-state index contributed by atoms with van der Waals surface area (Å²) in [6, 6.07) is 4.88. The average Bonchev–Trinajstić information content (AvgIpc) is 3.02. The summed E-state index contributed by atoms with van der Waals surface area (Å²) in [5.74, 6) is 5.82. The molecule has 1 aromatic rings. The Labute approximate surface area is 93.6 Å². The summed E-state index contributed by atoms with van der Waals surface area (Å²) < 4.78 is 13.2. The monoisotopic (exact) mass is 228 g/mol. The van der Waals surface area contributed by atoms with Gasteiger partial charge in [-0.25, -0.2) is 4.39 Å². The van der Waals surface area contributed by atoms with Crippen molar-refractivity contribution < 1.29 is 4.39 Å². The molecule has 0 bridgehead atoms. The smallest absolute Gasteiger partial charge is 0.142 e. The van der Waals surface area contributed by atoms with Gasteiger partial charge in [0.15, 0.2) is 0 Å². The second-order valence-electron chi connectivity index (χ2n) is 4.07. The van der Waals surface area contributed by atoms with Crippen LogP contribution in [0.1, 0.15) is 30.9 Å². The van der Waals surface area contributed by atoms with Gasteiger partial charge in [-0.1, -0.05) is 30.5 Å². The third-order valence-electron chi connectivity index (χ3n) is 2.81. The van der Waals surface area contributed by atoms with Gasteiger partial charge in [-0.2, -0.15) is 0 Å². The van der Waals surface area contributed by atoms with Crippen molar-refractivity contribution in [2.24, 2.45) is 11.8 Å². The molecule has 2 rings (SSSR count). The fraction of sp³-hybridized carbons (Fsp3) is 0.455. The van der Waals surface area contributed by atoms with Crippen LogP contribution in [0, 0.1) is 11.7 Å². The first-order chi connectivity index (χ1) is 7.20. The lowest BCUT2D eigenvalue weighted by Gasteiger charge is -2.16. The van der Waals surface area contributed by atoms with E-state index < -0.39 is 0 Å². The van der Waals surface area contributed by atoms with Crippen molar-refractivity contribution >= 4 is 11.6 Å². The van der Waals surface area contributed by atoms with E-state index in [0.717, 1.165) is 17.9 Å². The molecule has 0 spiro atoms. The van der Waals surface area contributed by atoms with E-state index in [4.69, 9.17) is 17.4 Å². The Bertz CT molecular complexity index is 352. The first-order valence-electron chi connectivity index (χ1n) is 5.12. The zero-order valence-corrected chi connectivity index (χ0v) is 9.10. The molecule has 1 fully saturated rings. The Morgan fingerprint density at radius 3 is 2.80 bits per heavy atom. The van der Waals surface area contributed by atoms with Gasteiger partial charge in [0.1, 0.15) is 5.82 Å². The van der Waals surface area contributed by atoms with Crippen LogP contribution in [-0.2, 0) is 0 Å². The molecule has 1 aromatic carbocycles. The molecule has 2 nitrogen and oxygen atoms in total. The Morgan fingerprint density at radius 1 is 1.53 bits per heavy atom. The van der Waals surface area contributed by atoms with Gasteiger partial charge in [-0.05, 0) is 30.0 Å². The van der Waals surface area contributed by atoms with E-state index >= 15 is 0 Å². The van der Waals surface area contributed by atoms with Crippen LogP contribution < -0.4 is 11.3 Å². The van der Waals surface area contributed by atoms with Crippen LogP contribution in [-0.4, -0.2) is 0 Å². The highest BCUT2D eigenvalue weighted by atomic mass is 35.5. The van der Waals surface area contributed by atoms with Gasteiger partial charge in [-0.15, -0.1) is 0 Å². The number of benzene rings is 1. The summed E-state index contributed by atoms with van der Waals surface area (Å²) in [6.45, 7) is 0. The summed E-state index contributed by atoms with van der Waals surface area (Å²) in [4.78, 5) is 0. The van der Waals surface area contributed by atoms with Crippen molar-refractivity contribution in [2.75, 3.05) is 0 Å². The molecular formula is C11H14ClFN2. The molecule has 1 unspecified atom stereocenters. The molecule has 1 atom stereocenters. The standard InChI is InChI=1S/C11H14ClFN2/c12-9-4-3-8(6-10(9)13)11(15-14)5-7-1-2-7/h3-4,6-7,11,15H,1-2,5,14H2. The average molecular weight is 229 g/mol. The predicted molar refractivity (Wildman–Crippen MR) is 58.8 cm³/mol. The third-order valence-corrected chi connectivity index (χ3v) is 3.12. The van der Waals surface area contributed by atoms with Crippen LogP contribution in [0.3, 0.4) is 0 Å². The van der Waals surface area contributed by atoms with Crippen molar-refractivity contribution in [3.8, 4) is 0 Å². The quantitative estimate of drug-likeness (QED) is 0.614. The number of halogens is 2. The van der Waals surface area contributed by atoms with Crippen molar-refractivity contribution in [1.29, 1.82) is 0 Å². The molecular weight excluding hydrogens is 215 g/mol. The fourth-order valence-electron chi connectivity index (χ4n) is 1.72. The number of nitrogens with two attached hydrogens (primary N) is 1. The molecule has 1 aliphatic rings. The highest BCUT2D eigenvalue weighted by Crippen LogP contribution is 2.37. The van der Waals surface area contributed by atoms with Gasteiger partial charge in [0.25, 0.3) is 0 Å². The summed E-state index contributed by atoms with van der Waals surface area (Å²) in [5.41, 5.74) is 3.59. The van der Waals surface area contributed by atoms with Crippen LogP contribution in [0.4, 0.5) is 4.39 Å². The van der Waals surface area contributed by atoms with E-state index in [9.17, 15) is 4.39 Å². The second-order valence-corrected chi connectivity index (χ2v) is 4.48. The SMILES string of the molecule is NNC(CC1CC1)c1ccc(Cl)c(F)c1. The summed E-state index contributed by atoms with van der Waals surface area (Å²) in [6.07, 6.45) is 3.49. The zero-order valence-electron chi connectivity index (χ0n) is 8.34. The molecule has 15 heavy (non-hydrogen) atoms. The molecule has 0 radical (unpaired) electrons. The first-order valence-corrected chi connectivity index (χ1v) is 5.49. The maximum Gasteiger partial charge on any atom is 0.142 e. The second kappa shape index (κ2) is 4.47. The van der Waals surface area contributed by atoms with Crippen LogP contribution in [0.2, 0.25) is 5.02 Å². The number of hydrogen-bond donors (Lipinski definition) is 2. The van der Waals surface area contributed by atoms with Crippen molar-refractivity contribution in [1.82, 2.24) is 5.43 Å². The van der Waals surface area contributed by atoms with Gasteiger partial charge in [0.2, 0.25) is 0 Å². The molecule has 0 aromatic heterocycles. The van der Waals surface area contributed by atoms with E-state index in [1.54, 1.807) is 6.07 Å². The molecule has 1 aliphatic carbocycles. The minimum atomic E-state index is -0.384. The lowest BCUT2D eigenvalue weighted by Crippen LogP contribution is -2.28. The molecule has 3 N–H and O–H groups in total. The molecule has 0 aliphatic heterocycles. The van der Waals surface area contributed by atoms with E-state index in [2.05, 4.69) is 5.43 Å². The topological polar surface area (TPSA) is 38.0 Å². The molecule has 0 heterocycles. The normalized spacial score (nSPS) is 17.8. The van der Waals surface area contributed by atoms with Crippen molar-refractivity contribution in [3.05, 3.63) is 34.6 Å². The molecule has 1 saturated carbocycles. The number of rotatable bonds is 4. The maximum absolute atomic E-state index is 13.2. The minimum absolute atomic E-state index is 0.0317. The van der Waals surface area contributed by atoms with E-state index in [0.29, 0.717) is 0 Å². The Balaban J connectivity index is 2.13. The van der Waals surface area contributed by atoms with E-state index in [-0.39, 0.29) is 16.9 Å². The van der Waals surface area contributed by atoms with Crippen LogP contribution in [0.25, 0.3) is 0 Å². The van der Waals surface area contributed by atoms with Crippen LogP contribution in [0.5, 0.6) is 0 Å². The zero-order chi connectivity index (χ0) is 10.8. The van der Waals surface area contributed by atoms with Gasteiger partial charge in [-0.3, -0.25) is 11.3 Å². The van der Waals surface area contributed by atoms with E-state index in [1.807, 2.05) is 6.07 Å². The minimum Gasteiger partial charge on any atom is -0.271 e. The summed E-state index contributed by atoms with van der Waals surface area (Å²) >= 11 is 5.62. The Hall–Kier alpha value is -0.640. The molecule has 4 heteroatoms. The van der Waals surface area contributed by atoms with Crippen LogP contribution >= 0.6 is 11.6 Å². The predicted octanol–water partition coefficient (Wildman–Crippen LogP) is 2.78. The fourth-order valence-corrected chi connectivity index (χ4v) is 1.83. The number of hydrogen-bond acceptors (Lipinski definition) is 2. The summed E-state index contributed by atoms with van der Waals surface area (Å²) in [5, 5.41) is 0.154. The van der Waals surface area contributed by atoms with Gasteiger partial charge >= 0.3 is 0 Å². The van der Waals surface area contributed by atoms with Crippen molar-refractivity contribution in [3.63, 3.8) is 0 Å². The van der Waals surface area contributed by atoms with Crippen molar-refractivity contribution in [2.45, 2.75) is 25.3 Å². The molecule has 0 saturated heterocycles. The highest BCUT2D eigenvalue weighted by molar-refractivity contribution is 6.30. The Kier molecular flexibility index (Phi) is 3.24. The number of nitrogens with one attached hydrogen (secondary N) is 1. The molecule has 82 valence electrons. The van der Waals surface area contributed by atoms with Gasteiger partial charge in [0, 0.05) is 6.04 Å². The van der Waals surface area contributed by atoms with Gasteiger partial charge in [0.05, 0.1) is 5.02 Å². The third kappa shape index (κ3) is 2.68. The summed E-state index contributed by atoms with van der Waals surface area (Å²) in [7, 11) is 0. The first kappa shape index (κ1) is 10.9. The Morgan fingerprint density at radius 2 is 2.27 bits per heavy atom. The lowest BCUT2D eigenvalue weighted by molar-refractivity contribution is 0.484.